The molecule has 0 aromatic heterocycles. The topological polar surface area (TPSA) is 9.23 Å². The summed E-state index contributed by atoms with van der Waals surface area (Å²) >= 11 is 1.96. The summed E-state index contributed by atoms with van der Waals surface area (Å²) in [5, 5.41) is 0. The third-order valence-electron chi connectivity index (χ3n) is 2.41. The van der Waals surface area contributed by atoms with Crippen molar-refractivity contribution in [2.24, 2.45) is 0 Å². The lowest BCUT2D eigenvalue weighted by Crippen LogP contribution is -2.17. The predicted molar refractivity (Wildman–Crippen MR) is 61.6 cm³/mol. The molecule has 1 aliphatic heterocycles. The molecule has 76 valence electrons. The highest BCUT2D eigenvalue weighted by molar-refractivity contribution is 7.99. The first-order valence-electron chi connectivity index (χ1n) is 5.22. The van der Waals surface area contributed by atoms with Gasteiger partial charge in [0.15, 0.2) is 0 Å². The van der Waals surface area contributed by atoms with Crippen LogP contribution in [-0.2, 0) is 11.2 Å². The summed E-state index contributed by atoms with van der Waals surface area (Å²) in [6.07, 6.45) is 3.50. The number of benzene rings is 1. The highest BCUT2D eigenvalue weighted by Crippen LogP contribution is 2.23. The minimum absolute atomic E-state index is 0.434. The molecule has 0 spiro atoms. The van der Waals surface area contributed by atoms with Crippen LogP contribution in [0.2, 0.25) is 0 Å². The summed E-state index contributed by atoms with van der Waals surface area (Å²) in [7, 11) is 0. The summed E-state index contributed by atoms with van der Waals surface area (Å²) in [5.41, 5.74) is 1.85. The second-order valence-corrected chi connectivity index (χ2v) is 4.82. The van der Waals surface area contributed by atoms with Gasteiger partial charge in [0.05, 0.1) is 0 Å². The molecule has 2 rings (SSSR count). The van der Waals surface area contributed by atoms with Crippen molar-refractivity contribution in [1.29, 1.82) is 0 Å². The third-order valence-corrected chi connectivity index (χ3v) is 3.68. The standard InChI is InChI=1S/C12H16OS/c1-2-5-11(6-3-1)7-8-12-13-9-4-10-14-12/h1-3,5-6,12H,4,7-10H2. The van der Waals surface area contributed by atoms with E-state index in [2.05, 4.69) is 30.3 Å². The lowest BCUT2D eigenvalue weighted by molar-refractivity contribution is 0.101. The smallest absolute Gasteiger partial charge is 0.103 e. The minimum atomic E-state index is 0.434. The van der Waals surface area contributed by atoms with Gasteiger partial charge in [-0.15, -0.1) is 11.8 Å². The van der Waals surface area contributed by atoms with Crippen molar-refractivity contribution in [3.05, 3.63) is 35.9 Å². The summed E-state index contributed by atoms with van der Waals surface area (Å²) in [4.78, 5) is 0. The monoisotopic (exact) mass is 208 g/mol. The Bertz CT molecular complexity index is 254. The number of aryl methyl sites for hydroxylation is 1. The van der Waals surface area contributed by atoms with Crippen LogP contribution < -0.4 is 0 Å². The average molecular weight is 208 g/mol. The quantitative estimate of drug-likeness (QED) is 0.755. The first kappa shape index (κ1) is 10.1. The molecule has 2 heteroatoms. The highest BCUT2D eigenvalue weighted by atomic mass is 32.2. The van der Waals surface area contributed by atoms with E-state index in [1.54, 1.807) is 0 Å². The van der Waals surface area contributed by atoms with E-state index in [9.17, 15) is 0 Å². The molecular formula is C12H16OS. The Labute approximate surface area is 89.9 Å². The van der Waals surface area contributed by atoms with Gasteiger partial charge in [-0.3, -0.25) is 0 Å². The summed E-state index contributed by atoms with van der Waals surface area (Å²) < 4.78 is 5.66. The van der Waals surface area contributed by atoms with E-state index in [0.717, 1.165) is 19.4 Å². The number of hydrogen-bond donors (Lipinski definition) is 0. The molecule has 0 radical (unpaired) electrons. The van der Waals surface area contributed by atoms with Crippen LogP contribution in [0.3, 0.4) is 0 Å². The molecule has 1 aromatic carbocycles. The number of rotatable bonds is 3. The Balaban J connectivity index is 1.76. The molecule has 0 saturated carbocycles. The maximum atomic E-state index is 5.66. The average Bonchev–Trinajstić information content (AvgIpc) is 2.29. The molecule has 1 fully saturated rings. The van der Waals surface area contributed by atoms with Crippen molar-refractivity contribution in [1.82, 2.24) is 0 Å². The fourth-order valence-electron chi connectivity index (χ4n) is 1.63. The van der Waals surface area contributed by atoms with Crippen molar-refractivity contribution in [3.63, 3.8) is 0 Å². The van der Waals surface area contributed by atoms with Crippen molar-refractivity contribution in [2.45, 2.75) is 24.7 Å². The van der Waals surface area contributed by atoms with Gasteiger partial charge in [-0.25, -0.2) is 0 Å². The maximum absolute atomic E-state index is 5.66. The lowest BCUT2D eigenvalue weighted by atomic mass is 10.1. The molecule has 0 amide bonds. The van der Waals surface area contributed by atoms with E-state index >= 15 is 0 Å². The van der Waals surface area contributed by atoms with Crippen LogP contribution in [-0.4, -0.2) is 17.8 Å². The summed E-state index contributed by atoms with van der Waals surface area (Å²) in [5.74, 6) is 1.26. The van der Waals surface area contributed by atoms with E-state index in [4.69, 9.17) is 4.74 Å². The van der Waals surface area contributed by atoms with Crippen LogP contribution in [0.15, 0.2) is 30.3 Å². The molecule has 1 aliphatic rings. The molecule has 1 saturated heterocycles. The number of thioether (sulfide) groups is 1. The molecule has 1 nitrogen and oxygen atoms in total. The van der Waals surface area contributed by atoms with Crippen molar-refractivity contribution >= 4 is 11.8 Å². The minimum Gasteiger partial charge on any atom is -0.368 e. The summed E-state index contributed by atoms with van der Waals surface area (Å²) in [6.45, 7) is 0.951. The first-order chi connectivity index (χ1) is 6.95. The molecule has 0 aliphatic carbocycles. The zero-order valence-corrected chi connectivity index (χ0v) is 9.13. The Morgan fingerprint density at radius 1 is 1.29 bits per heavy atom. The Hall–Kier alpha value is -0.470. The second kappa shape index (κ2) is 5.42. The molecule has 1 unspecified atom stereocenters. The molecule has 1 aromatic rings. The fourth-order valence-corrected chi connectivity index (χ4v) is 2.66. The summed E-state index contributed by atoms with van der Waals surface area (Å²) in [6, 6.07) is 10.6. The van der Waals surface area contributed by atoms with Crippen LogP contribution in [0, 0.1) is 0 Å². The van der Waals surface area contributed by atoms with Crippen molar-refractivity contribution in [2.75, 3.05) is 12.4 Å². The van der Waals surface area contributed by atoms with Crippen molar-refractivity contribution < 1.29 is 4.74 Å². The zero-order chi connectivity index (χ0) is 9.64. The van der Waals surface area contributed by atoms with E-state index in [1.807, 2.05) is 11.8 Å². The Morgan fingerprint density at radius 2 is 2.14 bits per heavy atom. The number of hydrogen-bond acceptors (Lipinski definition) is 2. The maximum Gasteiger partial charge on any atom is 0.103 e. The van der Waals surface area contributed by atoms with Gasteiger partial charge in [0.25, 0.3) is 0 Å². The van der Waals surface area contributed by atoms with Gasteiger partial charge in [0, 0.05) is 6.61 Å². The Kier molecular flexibility index (Phi) is 3.90. The molecule has 1 atom stereocenters. The molecule has 0 N–H and O–H groups in total. The van der Waals surface area contributed by atoms with Gasteiger partial charge in [0.2, 0.25) is 0 Å². The Morgan fingerprint density at radius 3 is 2.86 bits per heavy atom. The van der Waals surface area contributed by atoms with Gasteiger partial charge in [-0.05, 0) is 30.6 Å². The molecule has 14 heavy (non-hydrogen) atoms. The van der Waals surface area contributed by atoms with Gasteiger partial charge in [-0.1, -0.05) is 30.3 Å². The van der Waals surface area contributed by atoms with Crippen LogP contribution in [0.1, 0.15) is 18.4 Å². The lowest BCUT2D eigenvalue weighted by Gasteiger charge is -2.21. The van der Waals surface area contributed by atoms with E-state index < -0.39 is 0 Å². The second-order valence-electron chi connectivity index (χ2n) is 3.55. The van der Waals surface area contributed by atoms with Crippen LogP contribution in [0.5, 0.6) is 0 Å². The van der Waals surface area contributed by atoms with Crippen molar-refractivity contribution in [3.8, 4) is 0 Å². The van der Waals surface area contributed by atoms with Gasteiger partial charge in [-0.2, -0.15) is 0 Å². The zero-order valence-electron chi connectivity index (χ0n) is 8.32. The number of ether oxygens (including phenoxy) is 1. The highest BCUT2D eigenvalue weighted by Gasteiger charge is 2.13. The largest absolute Gasteiger partial charge is 0.368 e. The van der Waals surface area contributed by atoms with Gasteiger partial charge < -0.3 is 4.74 Å². The molecule has 1 heterocycles. The van der Waals surface area contributed by atoms with Crippen LogP contribution >= 0.6 is 11.8 Å². The van der Waals surface area contributed by atoms with E-state index in [0.29, 0.717) is 5.44 Å². The normalized spacial score (nSPS) is 22.1. The first-order valence-corrected chi connectivity index (χ1v) is 6.27. The predicted octanol–water partition coefficient (Wildman–Crippen LogP) is 3.10. The van der Waals surface area contributed by atoms with Gasteiger partial charge in [0.1, 0.15) is 5.44 Å². The fraction of sp³-hybridized carbons (Fsp3) is 0.500. The van der Waals surface area contributed by atoms with E-state index in [1.165, 1.54) is 17.7 Å². The van der Waals surface area contributed by atoms with E-state index in [-0.39, 0.29) is 0 Å². The van der Waals surface area contributed by atoms with Crippen LogP contribution in [0.25, 0.3) is 0 Å². The SMILES string of the molecule is c1ccc(CCC2OCCCS2)cc1. The van der Waals surface area contributed by atoms with Crippen LogP contribution in [0.4, 0.5) is 0 Å². The molecular weight excluding hydrogens is 192 g/mol. The third kappa shape index (κ3) is 3.03. The molecule has 0 bridgehead atoms. The van der Waals surface area contributed by atoms with Gasteiger partial charge >= 0.3 is 0 Å².